The Hall–Kier alpha value is -3.41. The van der Waals surface area contributed by atoms with Gasteiger partial charge in [0.2, 0.25) is 11.8 Å². The Kier molecular flexibility index (Phi) is 4.46. The average Bonchev–Trinajstić information content (AvgIpc) is 3.34. The first-order chi connectivity index (χ1) is 13.2. The topological polar surface area (TPSA) is 76.0 Å². The Labute approximate surface area is 157 Å². The van der Waals surface area contributed by atoms with E-state index in [1.165, 1.54) is 0 Å². The third kappa shape index (κ3) is 3.60. The van der Waals surface area contributed by atoms with E-state index < -0.39 is 5.41 Å². The van der Waals surface area contributed by atoms with E-state index >= 15 is 0 Å². The van der Waals surface area contributed by atoms with Crippen LogP contribution >= 0.6 is 0 Å². The van der Waals surface area contributed by atoms with Gasteiger partial charge in [-0.2, -0.15) is 5.10 Å². The zero-order chi connectivity index (χ0) is 18.7. The van der Waals surface area contributed by atoms with Crippen LogP contribution in [0, 0.1) is 0 Å². The lowest BCUT2D eigenvalue weighted by atomic mass is 9.95. The number of rotatable bonds is 6. The predicted molar refractivity (Wildman–Crippen MR) is 103 cm³/mol. The monoisotopic (exact) mass is 360 g/mol. The molecule has 0 atom stereocenters. The molecule has 2 aromatic carbocycles. The maximum Gasteiger partial charge on any atom is 0.243 e. The zero-order valence-corrected chi connectivity index (χ0v) is 14.8. The molecule has 0 bridgehead atoms. The number of hydrogen-bond donors (Lipinski definition) is 2. The van der Waals surface area contributed by atoms with Crippen molar-refractivity contribution in [2.24, 2.45) is 0 Å². The van der Waals surface area contributed by atoms with E-state index in [4.69, 9.17) is 0 Å². The first kappa shape index (κ1) is 17.0. The first-order valence-corrected chi connectivity index (χ1v) is 8.91. The van der Waals surface area contributed by atoms with Crippen LogP contribution in [0.3, 0.4) is 0 Å². The molecule has 4 rings (SSSR count). The fraction of sp³-hybridized carbons (Fsp3) is 0.190. The molecule has 1 fully saturated rings. The lowest BCUT2D eigenvalue weighted by Crippen LogP contribution is -2.39. The Morgan fingerprint density at radius 1 is 1.00 bits per heavy atom. The highest BCUT2D eigenvalue weighted by atomic mass is 16.2. The summed E-state index contributed by atoms with van der Waals surface area (Å²) in [5, 5.41) is 9.73. The second-order valence-corrected chi connectivity index (χ2v) is 6.68. The number of benzene rings is 2. The van der Waals surface area contributed by atoms with Gasteiger partial charge in [0.05, 0.1) is 17.6 Å². The van der Waals surface area contributed by atoms with Crippen LogP contribution in [0.5, 0.6) is 0 Å². The molecule has 0 aliphatic heterocycles. The number of nitrogens with zero attached hydrogens (tertiary/aromatic N) is 2. The van der Waals surface area contributed by atoms with Crippen molar-refractivity contribution >= 4 is 17.5 Å². The highest BCUT2D eigenvalue weighted by Crippen LogP contribution is 2.48. The number of nitrogens with one attached hydrogen (secondary N) is 2. The molecule has 6 nitrogen and oxygen atoms in total. The molecule has 0 spiro atoms. The number of anilines is 1. The van der Waals surface area contributed by atoms with E-state index in [0.717, 1.165) is 24.1 Å². The third-order valence-corrected chi connectivity index (χ3v) is 4.84. The summed E-state index contributed by atoms with van der Waals surface area (Å²) in [6, 6.07) is 18.9. The molecule has 1 aliphatic carbocycles. The van der Waals surface area contributed by atoms with Crippen LogP contribution in [0.25, 0.3) is 5.69 Å². The van der Waals surface area contributed by atoms with Crippen LogP contribution in [0.2, 0.25) is 0 Å². The number of hydrogen-bond acceptors (Lipinski definition) is 3. The Bertz CT molecular complexity index is 930. The van der Waals surface area contributed by atoms with Crippen molar-refractivity contribution in [2.45, 2.75) is 18.3 Å². The summed E-state index contributed by atoms with van der Waals surface area (Å²) < 4.78 is 1.74. The minimum absolute atomic E-state index is 0.0473. The molecule has 6 heteroatoms. The van der Waals surface area contributed by atoms with Crippen LogP contribution in [0.15, 0.2) is 73.1 Å². The van der Waals surface area contributed by atoms with Crippen LogP contribution in [-0.4, -0.2) is 28.1 Å². The smallest absolute Gasteiger partial charge is 0.243 e. The number of carbonyl (C=O) groups is 2. The third-order valence-electron chi connectivity index (χ3n) is 4.84. The second-order valence-electron chi connectivity index (χ2n) is 6.68. The van der Waals surface area contributed by atoms with Gasteiger partial charge in [-0.1, -0.05) is 30.3 Å². The molecule has 3 aromatic rings. The summed E-state index contributed by atoms with van der Waals surface area (Å²) in [4.78, 5) is 24.7. The predicted octanol–water partition coefficient (Wildman–Crippen LogP) is 2.66. The van der Waals surface area contributed by atoms with E-state index in [-0.39, 0.29) is 18.4 Å². The Morgan fingerprint density at radius 2 is 1.74 bits per heavy atom. The summed E-state index contributed by atoms with van der Waals surface area (Å²) in [7, 11) is 0. The zero-order valence-electron chi connectivity index (χ0n) is 14.8. The molecule has 27 heavy (non-hydrogen) atoms. The van der Waals surface area contributed by atoms with Gasteiger partial charge >= 0.3 is 0 Å². The SMILES string of the molecule is O=C(CNC(=O)C1(c2ccccc2)CC1)Nc1ccc(-n2cccn2)cc1. The van der Waals surface area contributed by atoms with E-state index in [9.17, 15) is 9.59 Å². The van der Waals surface area contributed by atoms with Gasteiger partial charge in [0.25, 0.3) is 0 Å². The van der Waals surface area contributed by atoms with Gasteiger partial charge < -0.3 is 10.6 Å². The van der Waals surface area contributed by atoms with Crippen molar-refractivity contribution in [3.05, 3.63) is 78.6 Å². The van der Waals surface area contributed by atoms with Crippen LogP contribution in [0.1, 0.15) is 18.4 Å². The number of aromatic nitrogens is 2. The molecule has 1 saturated carbocycles. The summed E-state index contributed by atoms with van der Waals surface area (Å²) in [6.45, 7) is -0.0473. The molecule has 0 saturated heterocycles. The molecule has 2 amide bonds. The fourth-order valence-electron chi connectivity index (χ4n) is 3.18. The van der Waals surface area contributed by atoms with Crippen molar-refractivity contribution < 1.29 is 9.59 Å². The highest BCUT2D eigenvalue weighted by molar-refractivity contribution is 5.97. The largest absolute Gasteiger partial charge is 0.346 e. The van der Waals surface area contributed by atoms with Gasteiger partial charge in [0.15, 0.2) is 0 Å². The summed E-state index contributed by atoms with van der Waals surface area (Å²) in [6.07, 6.45) is 5.20. The van der Waals surface area contributed by atoms with Gasteiger partial charge in [0.1, 0.15) is 0 Å². The quantitative estimate of drug-likeness (QED) is 0.710. The minimum atomic E-state index is -0.465. The molecular formula is C21H20N4O2. The first-order valence-electron chi connectivity index (χ1n) is 8.91. The standard InChI is InChI=1S/C21H20N4O2/c26-19(24-17-7-9-18(10-8-17)25-14-4-13-23-25)15-22-20(27)21(11-12-21)16-5-2-1-3-6-16/h1-10,13-14H,11-12,15H2,(H,22,27)(H,24,26). The van der Waals surface area contributed by atoms with Crippen molar-refractivity contribution in [3.8, 4) is 5.69 Å². The van der Waals surface area contributed by atoms with E-state index in [1.807, 2.05) is 66.9 Å². The molecule has 1 aromatic heterocycles. The van der Waals surface area contributed by atoms with Crippen molar-refractivity contribution in [1.29, 1.82) is 0 Å². The van der Waals surface area contributed by atoms with Gasteiger partial charge in [-0.15, -0.1) is 0 Å². The minimum Gasteiger partial charge on any atom is -0.346 e. The van der Waals surface area contributed by atoms with Crippen molar-refractivity contribution in [3.63, 3.8) is 0 Å². The maximum absolute atomic E-state index is 12.6. The van der Waals surface area contributed by atoms with Crippen molar-refractivity contribution in [1.82, 2.24) is 15.1 Å². The average molecular weight is 360 g/mol. The van der Waals surface area contributed by atoms with E-state index in [1.54, 1.807) is 10.9 Å². The lowest BCUT2D eigenvalue weighted by molar-refractivity contribution is -0.126. The van der Waals surface area contributed by atoms with Gasteiger partial charge in [-0.3, -0.25) is 9.59 Å². The fourth-order valence-corrected chi connectivity index (χ4v) is 3.18. The van der Waals surface area contributed by atoms with Crippen molar-refractivity contribution in [2.75, 3.05) is 11.9 Å². The summed E-state index contributed by atoms with van der Waals surface area (Å²) in [5.74, 6) is -0.336. The Morgan fingerprint density at radius 3 is 2.37 bits per heavy atom. The number of amides is 2. The van der Waals surface area contributed by atoms with Gasteiger partial charge in [-0.05, 0) is 48.7 Å². The summed E-state index contributed by atoms with van der Waals surface area (Å²) >= 11 is 0. The van der Waals surface area contributed by atoms with Gasteiger partial charge in [0, 0.05) is 18.1 Å². The molecule has 1 heterocycles. The highest BCUT2D eigenvalue weighted by Gasteiger charge is 2.51. The van der Waals surface area contributed by atoms with E-state index in [0.29, 0.717) is 5.69 Å². The van der Waals surface area contributed by atoms with Crippen LogP contribution < -0.4 is 10.6 Å². The molecule has 0 unspecified atom stereocenters. The van der Waals surface area contributed by atoms with Crippen LogP contribution in [-0.2, 0) is 15.0 Å². The molecule has 0 radical (unpaired) electrons. The van der Waals surface area contributed by atoms with Crippen LogP contribution in [0.4, 0.5) is 5.69 Å². The maximum atomic E-state index is 12.6. The number of carbonyl (C=O) groups excluding carboxylic acids is 2. The molecule has 1 aliphatic rings. The second kappa shape index (κ2) is 7.07. The summed E-state index contributed by atoms with van der Waals surface area (Å²) in [5.41, 5.74) is 2.13. The molecule has 2 N–H and O–H groups in total. The lowest BCUT2D eigenvalue weighted by Gasteiger charge is -2.15. The normalized spacial score (nSPS) is 14.4. The Balaban J connectivity index is 1.32. The molecular weight excluding hydrogens is 340 g/mol. The molecule has 136 valence electrons. The van der Waals surface area contributed by atoms with Gasteiger partial charge in [-0.25, -0.2) is 4.68 Å². The van der Waals surface area contributed by atoms with E-state index in [2.05, 4.69) is 15.7 Å².